The average molecular weight is 308 g/mol. The van der Waals surface area contributed by atoms with Crippen LogP contribution in [0.2, 0.25) is 0 Å². The Morgan fingerprint density at radius 2 is 1.94 bits per heavy atom. The third-order valence-electron chi connectivity index (χ3n) is 2.03. The van der Waals surface area contributed by atoms with Gasteiger partial charge >= 0.3 is 0 Å². The van der Waals surface area contributed by atoms with Gasteiger partial charge in [-0.25, -0.2) is 4.39 Å². The molecule has 1 nitrogen and oxygen atoms in total. The first-order chi connectivity index (χ1) is 8.17. The van der Waals surface area contributed by atoms with Crippen LogP contribution in [0.5, 0.6) is 0 Å². The van der Waals surface area contributed by atoms with Crippen LogP contribution in [-0.2, 0) is 0 Å². The first-order valence-electron chi connectivity index (χ1n) is 4.81. The van der Waals surface area contributed by atoms with E-state index >= 15 is 0 Å². The van der Waals surface area contributed by atoms with Crippen molar-refractivity contribution in [2.24, 2.45) is 0 Å². The molecule has 0 bridgehead atoms. The fourth-order valence-electron chi connectivity index (χ4n) is 1.35. The van der Waals surface area contributed by atoms with Gasteiger partial charge in [0.05, 0.1) is 11.6 Å². The van der Waals surface area contributed by atoms with Gasteiger partial charge in [0.15, 0.2) is 0 Å². The van der Waals surface area contributed by atoms with Crippen LogP contribution in [0.1, 0.15) is 5.56 Å². The number of hydrogen-bond donors (Lipinski definition) is 0. The molecule has 2 aromatic carbocycles. The van der Waals surface area contributed by atoms with E-state index in [-0.39, 0.29) is 5.82 Å². The molecule has 0 heterocycles. The summed E-state index contributed by atoms with van der Waals surface area (Å²) in [6, 6.07) is 13.9. The molecule has 2 aromatic rings. The van der Waals surface area contributed by atoms with Crippen LogP contribution in [0, 0.1) is 17.1 Å². The zero-order chi connectivity index (χ0) is 12.3. The number of nitriles is 1. The van der Waals surface area contributed by atoms with E-state index in [1.807, 2.05) is 12.1 Å². The molecule has 4 heteroatoms. The maximum absolute atomic E-state index is 13.0. The minimum atomic E-state index is -0.259. The molecule has 0 unspecified atom stereocenters. The summed E-state index contributed by atoms with van der Waals surface area (Å²) >= 11 is 4.77. The molecule has 0 aromatic heterocycles. The number of benzene rings is 2. The summed E-state index contributed by atoms with van der Waals surface area (Å²) in [6.45, 7) is 0. The fraction of sp³-hybridized carbons (Fsp3) is 0. The van der Waals surface area contributed by atoms with Crippen molar-refractivity contribution >= 4 is 27.7 Å². The molecule has 0 atom stereocenters. The highest BCUT2D eigenvalue weighted by molar-refractivity contribution is 9.10. The highest BCUT2D eigenvalue weighted by atomic mass is 79.9. The molecule has 0 saturated heterocycles. The largest absolute Gasteiger partial charge is 0.207 e. The topological polar surface area (TPSA) is 23.8 Å². The summed E-state index contributed by atoms with van der Waals surface area (Å²) in [4.78, 5) is 1.72. The molecule has 84 valence electrons. The number of rotatable bonds is 2. The minimum absolute atomic E-state index is 0.259. The van der Waals surface area contributed by atoms with Crippen LogP contribution in [0.15, 0.2) is 56.7 Å². The van der Waals surface area contributed by atoms with Crippen molar-refractivity contribution in [3.8, 4) is 6.07 Å². The fourth-order valence-corrected chi connectivity index (χ4v) is 2.96. The Kier molecular flexibility index (Phi) is 3.82. The minimum Gasteiger partial charge on any atom is -0.207 e. The lowest BCUT2D eigenvalue weighted by molar-refractivity contribution is 0.624. The van der Waals surface area contributed by atoms with Crippen LogP contribution in [0.25, 0.3) is 0 Å². The first kappa shape index (κ1) is 12.2. The Morgan fingerprint density at radius 1 is 1.12 bits per heavy atom. The van der Waals surface area contributed by atoms with Crippen molar-refractivity contribution in [3.05, 3.63) is 58.3 Å². The zero-order valence-electron chi connectivity index (χ0n) is 8.65. The lowest BCUT2D eigenvalue weighted by Gasteiger charge is -2.03. The van der Waals surface area contributed by atoms with Crippen molar-refractivity contribution in [2.75, 3.05) is 0 Å². The Morgan fingerprint density at radius 3 is 2.65 bits per heavy atom. The molecular weight excluding hydrogens is 301 g/mol. The predicted molar refractivity (Wildman–Crippen MR) is 69.4 cm³/mol. The van der Waals surface area contributed by atoms with Gasteiger partial charge in [0.1, 0.15) is 5.82 Å². The predicted octanol–water partition coefficient (Wildman–Crippen LogP) is 4.61. The standard InChI is InChI=1S/C13H7BrFNS/c14-10-4-9(8-16)5-13(6-10)17-12-3-1-2-11(15)7-12/h1-7H. The molecule has 0 aliphatic heterocycles. The molecule has 17 heavy (non-hydrogen) atoms. The van der Waals surface area contributed by atoms with Gasteiger partial charge in [-0.05, 0) is 36.4 Å². The summed E-state index contributed by atoms with van der Waals surface area (Å²) < 4.78 is 13.9. The van der Waals surface area contributed by atoms with Crippen molar-refractivity contribution in [1.82, 2.24) is 0 Å². The highest BCUT2D eigenvalue weighted by Crippen LogP contribution is 2.30. The molecule has 0 fully saturated rings. The summed E-state index contributed by atoms with van der Waals surface area (Å²) in [7, 11) is 0. The van der Waals surface area contributed by atoms with E-state index in [1.54, 1.807) is 18.2 Å². The SMILES string of the molecule is N#Cc1cc(Br)cc(Sc2cccc(F)c2)c1. The van der Waals surface area contributed by atoms with Crippen molar-refractivity contribution in [3.63, 3.8) is 0 Å². The van der Waals surface area contributed by atoms with Crippen molar-refractivity contribution in [2.45, 2.75) is 9.79 Å². The molecule has 2 rings (SSSR count). The van der Waals surface area contributed by atoms with Crippen LogP contribution >= 0.6 is 27.7 Å². The second kappa shape index (κ2) is 5.35. The van der Waals surface area contributed by atoms with Gasteiger partial charge in [0.2, 0.25) is 0 Å². The molecule has 0 radical (unpaired) electrons. The Balaban J connectivity index is 2.30. The maximum Gasteiger partial charge on any atom is 0.124 e. The number of halogens is 2. The molecule has 0 spiro atoms. The van der Waals surface area contributed by atoms with E-state index in [1.165, 1.54) is 23.9 Å². The van der Waals surface area contributed by atoms with E-state index in [0.29, 0.717) is 5.56 Å². The van der Waals surface area contributed by atoms with Gasteiger partial charge in [-0.3, -0.25) is 0 Å². The Bertz CT molecular complexity index is 592. The molecule has 0 aliphatic carbocycles. The van der Waals surface area contributed by atoms with Crippen LogP contribution in [-0.4, -0.2) is 0 Å². The lowest BCUT2D eigenvalue weighted by atomic mass is 10.2. The van der Waals surface area contributed by atoms with Gasteiger partial charge in [-0.15, -0.1) is 0 Å². The van der Waals surface area contributed by atoms with Gasteiger partial charge < -0.3 is 0 Å². The molecule has 0 aliphatic rings. The van der Waals surface area contributed by atoms with E-state index < -0.39 is 0 Å². The van der Waals surface area contributed by atoms with Crippen LogP contribution in [0.4, 0.5) is 4.39 Å². The monoisotopic (exact) mass is 307 g/mol. The average Bonchev–Trinajstić information content (AvgIpc) is 2.28. The lowest BCUT2D eigenvalue weighted by Crippen LogP contribution is -1.80. The van der Waals surface area contributed by atoms with Gasteiger partial charge in [0.25, 0.3) is 0 Å². The first-order valence-corrected chi connectivity index (χ1v) is 6.42. The Labute approximate surface area is 111 Å². The molecule has 0 saturated carbocycles. The molecule has 0 amide bonds. The third-order valence-corrected chi connectivity index (χ3v) is 3.45. The van der Waals surface area contributed by atoms with E-state index in [2.05, 4.69) is 22.0 Å². The van der Waals surface area contributed by atoms with E-state index in [4.69, 9.17) is 5.26 Å². The second-order valence-electron chi connectivity index (χ2n) is 3.35. The number of nitrogens with zero attached hydrogens (tertiary/aromatic N) is 1. The quantitative estimate of drug-likeness (QED) is 0.809. The Hall–Kier alpha value is -1.31. The van der Waals surface area contributed by atoms with Crippen LogP contribution < -0.4 is 0 Å². The number of hydrogen-bond acceptors (Lipinski definition) is 2. The molecule has 0 N–H and O–H groups in total. The second-order valence-corrected chi connectivity index (χ2v) is 5.41. The molecular formula is C13H7BrFNS. The van der Waals surface area contributed by atoms with Crippen molar-refractivity contribution in [1.29, 1.82) is 5.26 Å². The van der Waals surface area contributed by atoms with Crippen molar-refractivity contribution < 1.29 is 4.39 Å². The summed E-state index contributed by atoms with van der Waals surface area (Å²) in [5.41, 5.74) is 0.582. The summed E-state index contributed by atoms with van der Waals surface area (Å²) in [5, 5.41) is 8.86. The maximum atomic E-state index is 13.0. The smallest absolute Gasteiger partial charge is 0.124 e. The van der Waals surface area contributed by atoms with Crippen LogP contribution in [0.3, 0.4) is 0 Å². The van der Waals surface area contributed by atoms with Gasteiger partial charge in [0, 0.05) is 14.3 Å². The van der Waals surface area contributed by atoms with Gasteiger partial charge in [-0.2, -0.15) is 5.26 Å². The van der Waals surface area contributed by atoms with Gasteiger partial charge in [-0.1, -0.05) is 33.8 Å². The summed E-state index contributed by atoms with van der Waals surface area (Å²) in [6.07, 6.45) is 0. The van der Waals surface area contributed by atoms with E-state index in [0.717, 1.165) is 14.3 Å². The summed E-state index contributed by atoms with van der Waals surface area (Å²) in [5.74, 6) is -0.259. The van der Waals surface area contributed by atoms with E-state index in [9.17, 15) is 4.39 Å². The zero-order valence-corrected chi connectivity index (χ0v) is 11.1. The normalized spacial score (nSPS) is 9.94. The third kappa shape index (κ3) is 3.32. The highest BCUT2D eigenvalue weighted by Gasteiger charge is 2.02.